The monoisotopic (exact) mass is 531 g/mol. The zero-order chi connectivity index (χ0) is 26.5. The highest BCUT2D eigenvalue weighted by molar-refractivity contribution is 7.17. The van der Waals surface area contributed by atoms with Gasteiger partial charge in [-0.05, 0) is 55.5 Å². The summed E-state index contributed by atoms with van der Waals surface area (Å²) in [6.45, 7) is -0.0603. The van der Waals surface area contributed by atoms with Crippen LogP contribution in [0.5, 0.6) is 10.9 Å². The van der Waals surface area contributed by atoms with Gasteiger partial charge in [0.1, 0.15) is 11.6 Å². The highest BCUT2D eigenvalue weighted by Gasteiger charge is 2.25. The molecule has 3 aromatic heterocycles. The van der Waals surface area contributed by atoms with Gasteiger partial charge in [-0.3, -0.25) is 20.1 Å². The number of carbonyl (C=O) groups is 1. The largest absolute Gasteiger partial charge is 0.456 e. The van der Waals surface area contributed by atoms with E-state index in [0.717, 1.165) is 17.4 Å². The summed E-state index contributed by atoms with van der Waals surface area (Å²) in [5, 5.41) is 20.5. The fraction of sp³-hybridized carbons (Fsp3) is 0.208. The number of benzene rings is 1. The SMILES string of the molecule is Cc1cc(-c2c(F)cccc2OC(F)F)c(C(=O)Nc2nnc(OC(c3ccccn3)C(C)O)s2)cn1. The van der Waals surface area contributed by atoms with Gasteiger partial charge in [0.25, 0.3) is 11.1 Å². The Morgan fingerprint density at radius 3 is 2.62 bits per heavy atom. The smallest absolute Gasteiger partial charge is 0.387 e. The van der Waals surface area contributed by atoms with Gasteiger partial charge >= 0.3 is 6.61 Å². The first-order chi connectivity index (χ1) is 17.7. The Morgan fingerprint density at radius 2 is 1.92 bits per heavy atom. The van der Waals surface area contributed by atoms with Crippen LogP contribution in [-0.2, 0) is 0 Å². The van der Waals surface area contributed by atoms with Crippen molar-refractivity contribution in [1.29, 1.82) is 0 Å². The normalized spacial score (nSPS) is 12.7. The number of aliphatic hydroxyl groups is 1. The minimum absolute atomic E-state index is 0.00376. The molecule has 1 aromatic carbocycles. The summed E-state index contributed by atoms with van der Waals surface area (Å²) in [6, 6.07) is 10.0. The molecule has 0 aliphatic heterocycles. The standard InChI is InChI=1S/C24H20F3N5O4S/c1-12-10-14(19-16(25)6-5-8-18(19)35-22(26)27)15(11-29-12)21(34)30-23-31-32-24(37-23)36-20(13(2)33)17-7-3-4-9-28-17/h3-11,13,20,22,33H,1-2H3,(H,30,31,34). The summed E-state index contributed by atoms with van der Waals surface area (Å²) < 4.78 is 50.9. The van der Waals surface area contributed by atoms with E-state index in [1.165, 1.54) is 31.3 Å². The molecule has 0 radical (unpaired) electrons. The number of aryl methyl sites for hydroxylation is 1. The van der Waals surface area contributed by atoms with Gasteiger partial charge in [-0.2, -0.15) is 8.78 Å². The van der Waals surface area contributed by atoms with Crippen LogP contribution in [0.25, 0.3) is 11.1 Å². The molecular formula is C24H20F3N5O4S. The molecule has 192 valence electrons. The lowest BCUT2D eigenvalue weighted by Gasteiger charge is -2.18. The number of hydrogen-bond donors (Lipinski definition) is 2. The minimum atomic E-state index is -3.20. The maximum Gasteiger partial charge on any atom is 0.387 e. The van der Waals surface area contributed by atoms with Crippen molar-refractivity contribution in [3.8, 4) is 22.1 Å². The van der Waals surface area contributed by atoms with E-state index in [-0.39, 0.29) is 27.0 Å². The lowest BCUT2D eigenvalue weighted by Crippen LogP contribution is -2.21. The zero-order valence-corrected chi connectivity index (χ0v) is 20.2. The predicted octanol–water partition coefficient (Wildman–Crippen LogP) is 4.80. The molecule has 2 atom stereocenters. The zero-order valence-electron chi connectivity index (χ0n) is 19.4. The second-order valence-electron chi connectivity index (χ2n) is 7.72. The lowest BCUT2D eigenvalue weighted by molar-refractivity contribution is -0.0495. The number of halogens is 3. The summed E-state index contributed by atoms with van der Waals surface area (Å²) in [7, 11) is 0. The molecule has 0 spiro atoms. The van der Waals surface area contributed by atoms with Gasteiger partial charge in [-0.15, -0.1) is 5.10 Å². The molecule has 0 aliphatic carbocycles. The van der Waals surface area contributed by atoms with Gasteiger partial charge in [0.2, 0.25) is 5.13 Å². The van der Waals surface area contributed by atoms with E-state index in [2.05, 4.69) is 30.2 Å². The molecule has 2 N–H and O–H groups in total. The molecule has 0 saturated heterocycles. The fourth-order valence-corrected chi connectivity index (χ4v) is 4.06. The van der Waals surface area contributed by atoms with Crippen molar-refractivity contribution < 1.29 is 32.5 Å². The molecule has 37 heavy (non-hydrogen) atoms. The Balaban J connectivity index is 1.60. The van der Waals surface area contributed by atoms with Crippen LogP contribution in [0.2, 0.25) is 0 Å². The van der Waals surface area contributed by atoms with E-state index in [1.54, 1.807) is 31.3 Å². The summed E-state index contributed by atoms with van der Waals surface area (Å²) in [5.74, 6) is -2.03. The average molecular weight is 532 g/mol. The number of carbonyl (C=O) groups excluding carboxylic acids is 1. The van der Waals surface area contributed by atoms with E-state index in [1.807, 2.05) is 0 Å². The Kier molecular flexibility index (Phi) is 7.94. The van der Waals surface area contributed by atoms with Crippen LogP contribution in [0, 0.1) is 12.7 Å². The Labute approximate surface area is 213 Å². The first-order valence-electron chi connectivity index (χ1n) is 10.8. The number of anilines is 1. The van der Waals surface area contributed by atoms with Crippen molar-refractivity contribution >= 4 is 22.4 Å². The Hall–Kier alpha value is -4.10. The van der Waals surface area contributed by atoms with E-state index >= 15 is 0 Å². The average Bonchev–Trinajstić information content (AvgIpc) is 3.29. The molecule has 0 saturated carbocycles. The predicted molar refractivity (Wildman–Crippen MR) is 128 cm³/mol. The van der Waals surface area contributed by atoms with Crippen molar-refractivity contribution in [1.82, 2.24) is 20.2 Å². The third kappa shape index (κ3) is 6.19. The molecule has 0 aliphatic rings. The maximum absolute atomic E-state index is 14.8. The number of hydrogen-bond acceptors (Lipinski definition) is 9. The molecule has 1 amide bonds. The quantitative estimate of drug-likeness (QED) is 0.316. The second kappa shape index (κ2) is 11.3. The van der Waals surface area contributed by atoms with Crippen LogP contribution in [0.15, 0.2) is 54.9 Å². The minimum Gasteiger partial charge on any atom is -0.456 e. The van der Waals surface area contributed by atoms with Crippen LogP contribution in [0.4, 0.5) is 18.3 Å². The highest BCUT2D eigenvalue weighted by atomic mass is 32.1. The second-order valence-corrected chi connectivity index (χ2v) is 8.66. The third-order valence-electron chi connectivity index (χ3n) is 5.02. The van der Waals surface area contributed by atoms with Gasteiger partial charge in [-0.25, -0.2) is 4.39 Å². The topological polar surface area (TPSA) is 119 Å². The van der Waals surface area contributed by atoms with Crippen molar-refractivity contribution in [2.75, 3.05) is 5.32 Å². The lowest BCUT2D eigenvalue weighted by atomic mass is 9.98. The number of amides is 1. The van der Waals surface area contributed by atoms with Crippen LogP contribution < -0.4 is 14.8 Å². The van der Waals surface area contributed by atoms with Crippen LogP contribution in [-0.4, -0.2) is 43.9 Å². The molecule has 2 unspecified atom stereocenters. The first-order valence-corrected chi connectivity index (χ1v) is 11.7. The maximum atomic E-state index is 14.8. The van der Waals surface area contributed by atoms with Gasteiger partial charge in [0.15, 0.2) is 6.10 Å². The molecule has 13 heteroatoms. The van der Waals surface area contributed by atoms with Crippen LogP contribution in [0.3, 0.4) is 0 Å². The van der Waals surface area contributed by atoms with Gasteiger partial charge < -0.3 is 14.6 Å². The van der Waals surface area contributed by atoms with E-state index in [4.69, 9.17) is 4.74 Å². The molecule has 4 aromatic rings. The molecule has 0 fully saturated rings. The number of alkyl halides is 2. The van der Waals surface area contributed by atoms with Crippen molar-refractivity contribution in [3.05, 3.63) is 77.6 Å². The number of nitrogens with one attached hydrogen (secondary N) is 1. The van der Waals surface area contributed by atoms with E-state index in [9.17, 15) is 23.1 Å². The van der Waals surface area contributed by atoms with Gasteiger partial charge in [-0.1, -0.05) is 17.2 Å². The summed E-state index contributed by atoms with van der Waals surface area (Å²) in [4.78, 5) is 21.4. The first kappa shape index (κ1) is 26.0. The van der Waals surface area contributed by atoms with Crippen LogP contribution in [0.1, 0.15) is 34.8 Å². The van der Waals surface area contributed by atoms with Crippen molar-refractivity contribution in [2.45, 2.75) is 32.7 Å². The molecule has 4 rings (SSSR count). The van der Waals surface area contributed by atoms with Gasteiger partial charge in [0, 0.05) is 23.7 Å². The number of pyridine rings is 2. The molecule has 0 bridgehead atoms. The van der Waals surface area contributed by atoms with Gasteiger partial charge in [0.05, 0.1) is 22.9 Å². The number of rotatable bonds is 9. The summed E-state index contributed by atoms with van der Waals surface area (Å²) in [6.07, 6.45) is 0.991. The summed E-state index contributed by atoms with van der Waals surface area (Å²) in [5.41, 5.74) is 0.477. The van der Waals surface area contributed by atoms with Crippen molar-refractivity contribution in [3.63, 3.8) is 0 Å². The molecular weight excluding hydrogens is 511 g/mol. The Morgan fingerprint density at radius 1 is 1.11 bits per heavy atom. The summed E-state index contributed by atoms with van der Waals surface area (Å²) >= 11 is 0.882. The number of nitrogens with zero attached hydrogens (tertiary/aromatic N) is 4. The number of ether oxygens (including phenoxy) is 2. The van der Waals surface area contributed by atoms with Crippen LogP contribution >= 0.6 is 11.3 Å². The number of aliphatic hydroxyl groups excluding tert-OH is 1. The van der Waals surface area contributed by atoms with E-state index < -0.39 is 36.3 Å². The fourth-order valence-electron chi connectivity index (χ4n) is 3.44. The highest BCUT2D eigenvalue weighted by Crippen LogP contribution is 2.36. The molecule has 9 nitrogen and oxygen atoms in total. The van der Waals surface area contributed by atoms with E-state index in [0.29, 0.717) is 11.4 Å². The number of aromatic nitrogens is 4. The molecule has 3 heterocycles. The Bertz CT molecular complexity index is 1390. The third-order valence-corrected chi connectivity index (χ3v) is 5.75. The van der Waals surface area contributed by atoms with Crippen molar-refractivity contribution in [2.24, 2.45) is 0 Å².